The van der Waals surface area contributed by atoms with Crippen LogP contribution in [0.1, 0.15) is 24.7 Å². The number of imidazole rings is 1. The van der Waals surface area contributed by atoms with Crippen LogP contribution in [0.4, 0.5) is 5.82 Å². The quantitative estimate of drug-likeness (QED) is 0.718. The number of fused-ring (bicyclic) bond motifs is 3. The molecule has 26 heavy (non-hydrogen) atoms. The van der Waals surface area contributed by atoms with Gasteiger partial charge in [-0.1, -0.05) is 6.07 Å². The van der Waals surface area contributed by atoms with Crippen molar-refractivity contribution < 1.29 is 0 Å². The Morgan fingerprint density at radius 2 is 1.96 bits per heavy atom. The second kappa shape index (κ2) is 6.02. The summed E-state index contributed by atoms with van der Waals surface area (Å²) in [5.74, 6) is 0.997. The van der Waals surface area contributed by atoms with Crippen molar-refractivity contribution in [1.29, 1.82) is 0 Å². The van der Waals surface area contributed by atoms with Crippen molar-refractivity contribution in [2.75, 3.05) is 18.0 Å². The summed E-state index contributed by atoms with van der Waals surface area (Å²) in [5.41, 5.74) is 4.10. The van der Waals surface area contributed by atoms with Gasteiger partial charge >= 0.3 is 0 Å². The van der Waals surface area contributed by atoms with Gasteiger partial charge in [-0.15, -0.1) is 0 Å². The van der Waals surface area contributed by atoms with E-state index in [-0.39, 0.29) is 0 Å². The van der Waals surface area contributed by atoms with E-state index in [1.165, 1.54) is 6.42 Å². The van der Waals surface area contributed by atoms with Gasteiger partial charge in [0.15, 0.2) is 17.0 Å². The normalized spacial score (nSPS) is 22.6. The molecule has 7 nitrogen and oxygen atoms in total. The summed E-state index contributed by atoms with van der Waals surface area (Å²) in [5, 5.41) is 0. The number of hydrogen-bond donors (Lipinski definition) is 0. The van der Waals surface area contributed by atoms with Gasteiger partial charge in [0.05, 0.1) is 12.0 Å². The topological polar surface area (TPSA) is 63.0 Å². The van der Waals surface area contributed by atoms with Crippen molar-refractivity contribution in [2.24, 2.45) is 0 Å². The zero-order valence-electron chi connectivity index (χ0n) is 15.2. The molecule has 3 aliphatic rings. The molecule has 3 aliphatic heterocycles. The molecule has 0 spiro atoms. The summed E-state index contributed by atoms with van der Waals surface area (Å²) in [6.07, 6.45) is 4.78. The van der Waals surface area contributed by atoms with Gasteiger partial charge in [0, 0.05) is 44.0 Å². The molecular weight excluding hydrogens is 326 g/mol. The number of anilines is 1. The van der Waals surface area contributed by atoms with Crippen LogP contribution in [0, 0.1) is 6.92 Å². The molecule has 2 atom stereocenters. The minimum atomic E-state index is 0.503. The fraction of sp³-hybridized carbons (Fsp3) is 0.474. The number of hydrogen-bond acceptors (Lipinski definition) is 6. The Kier molecular flexibility index (Phi) is 3.63. The van der Waals surface area contributed by atoms with Crippen LogP contribution in [0.5, 0.6) is 0 Å². The van der Waals surface area contributed by atoms with Gasteiger partial charge < -0.3 is 9.47 Å². The fourth-order valence-corrected chi connectivity index (χ4v) is 4.38. The van der Waals surface area contributed by atoms with E-state index >= 15 is 0 Å². The zero-order chi connectivity index (χ0) is 17.7. The van der Waals surface area contributed by atoms with E-state index in [1.54, 1.807) is 6.33 Å². The van der Waals surface area contributed by atoms with Crippen LogP contribution < -0.4 is 4.90 Å². The molecule has 0 aromatic carbocycles. The second-order valence-corrected chi connectivity index (χ2v) is 7.32. The molecule has 134 valence electrons. The summed E-state index contributed by atoms with van der Waals surface area (Å²) >= 11 is 0. The summed E-state index contributed by atoms with van der Waals surface area (Å²) in [6, 6.07) is 7.27. The highest BCUT2D eigenvalue weighted by molar-refractivity contribution is 5.84. The van der Waals surface area contributed by atoms with Crippen LogP contribution in [-0.2, 0) is 13.1 Å². The average molecular weight is 349 g/mol. The Bertz CT molecular complexity index is 938. The van der Waals surface area contributed by atoms with Crippen molar-refractivity contribution in [1.82, 2.24) is 29.4 Å². The first-order valence-electron chi connectivity index (χ1n) is 9.32. The number of piperazine rings is 1. The van der Waals surface area contributed by atoms with Gasteiger partial charge in [-0.3, -0.25) is 9.88 Å². The van der Waals surface area contributed by atoms with Crippen molar-refractivity contribution in [3.8, 4) is 0 Å². The number of pyridine rings is 1. The second-order valence-electron chi connectivity index (χ2n) is 7.32. The predicted molar refractivity (Wildman–Crippen MR) is 99.9 cm³/mol. The van der Waals surface area contributed by atoms with E-state index in [4.69, 9.17) is 0 Å². The zero-order valence-corrected chi connectivity index (χ0v) is 15.2. The molecule has 6 rings (SSSR count). The highest BCUT2D eigenvalue weighted by Crippen LogP contribution is 2.38. The van der Waals surface area contributed by atoms with Gasteiger partial charge in [-0.25, -0.2) is 15.0 Å². The summed E-state index contributed by atoms with van der Waals surface area (Å²) in [4.78, 5) is 23.2. The third kappa shape index (κ3) is 2.46. The lowest BCUT2D eigenvalue weighted by Gasteiger charge is -2.56. The molecule has 0 radical (unpaired) electrons. The summed E-state index contributed by atoms with van der Waals surface area (Å²) < 4.78 is 2.08. The van der Waals surface area contributed by atoms with E-state index < -0.39 is 0 Å². The minimum Gasteiger partial charge on any atom is -0.346 e. The average Bonchev–Trinajstić information content (AvgIpc) is 3.06. The standard InChI is InChI=1S/C19H23N7/c1-3-25-12-22-17-18(25)20-11-21-19(17)26-15-7-16(26)10-24(9-15)8-14-6-4-5-13(2)23-14/h4-6,11-12,15-16H,3,7-10H2,1-2H3. The first-order valence-corrected chi connectivity index (χ1v) is 9.32. The largest absolute Gasteiger partial charge is 0.346 e. The molecular formula is C19H23N7. The van der Waals surface area contributed by atoms with Gasteiger partial charge in [-0.05, 0) is 32.4 Å². The van der Waals surface area contributed by atoms with Crippen LogP contribution in [0.3, 0.4) is 0 Å². The van der Waals surface area contributed by atoms with Crippen LogP contribution in [0.2, 0.25) is 0 Å². The third-order valence-corrected chi connectivity index (χ3v) is 5.57. The predicted octanol–water partition coefficient (Wildman–Crippen LogP) is 2.01. The molecule has 3 aromatic heterocycles. The molecule has 2 unspecified atom stereocenters. The van der Waals surface area contributed by atoms with Crippen molar-refractivity contribution in [3.05, 3.63) is 42.2 Å². The van der Waals surface area contributed by atoms with E-state index in [9.17, 15) is 0 Å². The molecule has 0 amide bonds. The van der Waals surface area contributed by atoms with E-state index in [0.717, 1.165) is 54.5 Å². The molecule has 6 heterocycles. The highest BCUT2D eigenvalue weighted by atomic mass is 15.4. The first-order chi connectivity index (χ1) is 12.7. The molecule has 3 fully saturated rings. The first kappa shape index (κ1) is 15.7. The number of nitrogens with zero attached hydrogens (tertiary/aromatic N) is 7. The van der Waals surface area contributed by atoms with Crippen molar-refractivity contribution >= 4 is 17.0 Å². The number of aryl methyl sites for hydroxylation is 2. The van der Waals surface area contributed by atoms with Gasteiger partial charge in [-0.2, -0.15) is 0 Å². The summed E-state index contributed by atoms with van der Waals surface area (Å²) in [6.45, 7) is 8.05. The van der Waals surface area contributed by atoms with Crippen LogP contribution in [-0.4, -0.2) is 54.6 Å². The van der Waals surface area contributed by atoms with E-state index in [2.05, 4.69) is 66.3 Å². The SMILES string of the molecule is CCn1cnc2c(N3C4CC3CN(Cc3cccc(C)n3)C4)ncnc21. The lowest BCUT2D eigenvalue weighted by Crippen LogP contribution is -2.69. The molecule has 3 saturated heterocycles. The molecule has 0 N–H and O–H groups in total. The van der Waals surface area contributed by atoms with Gasteiger partial charge in [0.1, 0.15) is 6.33 Å². The smallest absolute Gasteiger partial charge is 0.165 e. The Hall–Kier alpha value is -2.54. The maximum atomic E-state index is 4.65. The Morgan fingerprint density at radius 1 is 1.12 bits per heavy atom. The van der Waals surface area contributed by atoms with Crippen LogP contribution in [0.25, 0.3) is 11.2 Å². The number of piperidine rings is 1. The lowest BCUT2D eigenvalue weighted by atomic mass is 9.87. The molecule has 2 bridgehead atoms. The highest BCUT2D eigenvalue weighted by Gasteiger charge is 2.46. The van der Waals surface area contributed by atoms with E-state index in [0.29, 0.717) is 12.1 Å². The third-order valence-electron chi connectivity index (χ3n) is 5.57. The molecule has 7 heteroatoms. The number of rotatable bonds is 4. The van der Waals surface area contributed by atoms with Crippen LogP contribution in [0.15, 0.2) is 30.9 Å². The summed E-state index contributed by atoms with van der Waals surface area (Å²) in [7, 11) is 0. The minimum absolute atomic E-state index is 0.503. The van der Waals surface area contributed by atoms with Crippen molar-refractivity contribution in [3.63, 3.8) is 0 Å². The number of aromatic nitrogens is 5. The molecule has 3 aromatic rings. The fourth-order valence-electron chi connectivity index (χ4n) is 4.38. The maximum absolute atomic E-state index is 4.65. The van der Waals surface area contributed by atoms with Crippen LogP contribution >= 0.6 is 0 Å². The maximum Gasteiger partial charge on any atom is 0.165 e. The van der Waals surface area contributed by atoms with Gasteiger partial charge in [0.25, 0.3) is 0 Å². The molecule has 0 saturated carbocycles. The Balaban J connectivity index is 1.36. The van der Waals surface area contributed by atoms with Crippen molar-refractivity contribution in [2.45, 2.75) is 45.4 Å². The van der Waals surface area contributed by atoms with Gasteiger partial charge in [0.2, 0.25) is 0 Å². The Morgan fingerprint density at radius 3 is 2.73 bits per heavy atom. The Labute approximate surface area is 152 Å². The monoisotopic (exact) mass is 349 g/mol. The lowest BCUT2D eigenvalue weighted by molar-refractivity contribution is 0.107. The molecule has 0 aliphatic carbocycles. The van der Waals surface area contributed by atoms with E-state index in [1.807, 2.05) is 6.33 Å².